The predicted octanol–water partition coefficient (Wildman–Crippen LogP) is 6.33. The Morgan fingerprint density at radius 2 is 1.31 bits per heavy atom. The quantitative estimate of drug-likeness (QED) is 0.191. The number of hydrogen-bond acceptors (Lipinski definition) is 3. The van der Waals surface area contributed by atoms with Gasteiger partial charge in [-0.3, -0.25) is 4.79 Å². The molecule has 0 fully saturated rings. The molecule has 5 heteroatoms. The van der Waals surface area contributed by atoms with Gasteiger partial charge in [0.25, 0.3) is 8.32 Å². The molecule has 0 amide bonds. The second-order valence-electron chi connectivity index (χ2n) is 10.4. The van der Waals surface area contributed by atoms with Crippen LogP contribution in [0.25, 0.3) is 0 Å². The van der Waals surface area contributed by atoms with Crippen molar-refractivity contribution in [2.24, 2.45) is 0 Å². The summed E-state index contributed by atoms with van der Waals surface area (Å²) in [6, 6.07) is 24.6. The number of hydrogen-bond donors (Lipinski definition) is 0. The van der Waals surface area contributed by atoms with Crippen molar-refractivity contribution in [1.29, 1.82) is 0 Å². The minimum absolute atomic E-state index is 0.113. The number of aldehydes is 1. The SMILES string of the molecule is CCC(CC#CC=O)(CO[Si](c1ccccc1)(c1ccccc1)C(C)(C)C)O[Si](CC)(CC)CC. The predicted molar refractivity (Wildman–Crippen MR) is 153 cm³/mol. The molecule has 0 bridgehead atoms. The Kier molecular flexibility index (Phi) is 10.7. The molecule has 2 aromatic carbocycles. The first-order valence-electron chi connectivity index (χ1n) is 13.1. The Morgan fingerprint density at radius 3 is 1.69 bits per heavy atom. The van der Waals surface area contributed by atoms with Gasteiger partial charge in [-0.1, -0.05) is 115 Å². The molecule has 0 aliphatic rings. The zero-order valence-corrected chi connectivity index (χ0v) is 24.8. The van der Waals surface area contributed by atoms with Crippen molar-refractivity contribution in [1.82, 2.24) is 0 Å². The van der Waals surface area contributed by atoms with Crippen LogP contribution in [0.3, 0.4) is 0 Å². The standard InChI is InChI=1S/C30H44O3Si2/c1-8-30(24-18-19-25-31,33-34(9-2,10-3)11-4)26-32-35(29(5,6)7,27-20-14-12-15-21-27)28-22-16-13-17-23-28/h12-17,20-23,25H,8-11,24,26H2,1-7H3. The van der Waals surface area contributed by atoms with Gasteiger partial charge in [0.05, 0.1) is 12.2 Å². The monoisotopic (exact) mass is 508 g/mol. The molecular formula is C30H44O3Si2. The highest BCUT2D eigenvalue weighted by molar-refractivity contribution is 6.99. The lowest BCUT2D eigenvalue weighted by Gasteiger charge is -2.47. The van der Waals surface area contributed by atoms with E-state index in [2.05, 4.69) is 121 Å². The molecule has 1 unspecified atom stereocenters. The van der Waals surface area contributed by atoms with Gasteiger partial charge in [0.2, 0.25) is 0 Å². The molecule has 2 aromatic rings. The summed E-state index contributed by atoms with van der Waals surface area (Å²) in [5.41, 5.74) is -0.544. The molecule has 1 atom stereocenters. The lowest BCUT2D eigenvalue weighted by atomic mass is 9.98. The molecule has 35 heavy (non-hydrogen) atoms. The van der Waals surface area contributed by atoms with Crippen LogP contribution in [0.5, 0.6) is 0 Å². The maximum atomic E-state index is 11.0. The zero-order valence-electron chi connectivity index (χ0n) is 22.8. The second kappa shape index (κ2) is 12.8. The van der Waals surface area contributed by atoms with E-state index < -0.39 is 22.2 Å². The minimum Gasteiger partial charge on any atom is -0.408 e. The van der Waals surface area contributed by atoms with Crippen molar-refractivity contribution in [3.05, 3.63) is 60.7 Å². The summed E-state index contributed by atoms with van der Waals surface area (Å²) in [5, 5.41) is 2.40. The van der Waals surface area contributed by atoms with Gasteiger partial charge in [-0.25, -0.2) is 0 Å². The van der Waals surface area contributed by atoms with Crippen LogP contribution in [-0.2, 0) is 13.6 Å². The van der Waals surface area contributed by atoms with Crippen LogP contribution in [0.4, 0.5) is 0 Å². The largest absolute Gasteiger partial charge is 0.408 e. The Morgan fingerprint density at radius 1 is 0.829 bits per heavy atom. The van der Waals surface area contributed by atoms with Crippen LogP contribution in [0.2, 0.25) is 23.2 Å². The third-order valence-electron chi connectivity index (χ3n) is 7.55. The molecule has 0 aromatic heterocycles. The first kappa shape index (κ1) is 29.3. The van der Waals surface area contributed by atoms with E-state index >= 15 is 0 Å². The van der Waals surface area contributed by atoms with Crippen molar-refractivity contribution in [2.45, 2.75) is 90.1 Å². The number of carbonyl (C=O) groups is 1. The summed E-state index contributed by atoms with van der Waals surface area (Å²) in [6.45, 7) is 16.3. The van der Waals surface area contributed by atoms with E-state index in [1.54, 1.807) is 0 Å². The molecule has 0 N–H and O–H groups in total. The fourth-order valence-electron chi connectivity index (χ4n) is 5.10. The van der Waals surface area contributed by atoms with Gasteiger partial charge in [-0.05, 0) is 45.9 Å². The number of rotatable bonds is 12. The second-order valence-corrected chi connectivity index (χ2v) is 19.4. The number of carbonyl (C=O) groups excluding carboxylic acids is 1. The highest BCUT2D eigenvalue weighted by Crippen LogP contribution is 2.39. The first-order chi connectivity index (χ1) is 16.7. The summed E-state index contributed by atoms with van der Waals surface area (Å²) >= 11 is 0. The number of benzene rings is 2. The van der Waals surface area contributed by atoms with E-state index in [4.69, 9.17) is 8.85 Å². The third kappa shape index (κ3) is 6.62. The van der Waals surface area contributed by atoms with Crippen molar-refractivity contribution in [3.8, 4) is 11.8 Å². The van der Waals surface area contributed by atoms with E-state index in [9.17, 15) is 4.79 Å². The topological polar surface area (TPSA) is 35.5 Å². The Hall–Kier alpha value is -1.98. The smallest absolute Gasteiger partial charge is 0.261 e. The van der Waals surface area contributed by atoms with Gasteiger partial charge < -0.3 is 8.85 Å². The molecule has 0 saturated heterocycles. The van der Waals surface area contributed by atoms with Gasteiger partial charge in [0, 0.05) is 6.42 Å². The summed E-state index contributed by atoms with van der Waals surface area (Å²) < 4.78 is 14.5. The van der Waals surface area contributed by atoms with Crippen molar-refractivity contribution in [3.63, 3.8) is 0 Å². The highest BCUT2D eigenvalue weighted by atomic mass is 28.4. The summed E-state index contributed by atoms with van der Waals surface area (Å²) in [5.74, 6) is 5.72. The van der Waals surface area contributed by atoms with Gasteiger partial charge in [-0.2, -0.15) is 0 Å². The van der Waals surface area contributed by atoms with Gasteiger partial charge in [0.1, 0.15) is 0 Å². The molecule has 0 heterocycles. The van der Waals surface area contributed by atoms with E-state index in [0.717, 1.165) is 24.6 Å². The van der Waals surface area contributed by atoms with Crippen LogP contribution in [0.15, 0.2) is 60.7 Å². The molecule has 0 aliphatic carbocycles. The molecule has 2 rings (SSSR count). The van der Waals surface area contributed by atoms with E-state index in [1.807, 2.05) is 0 Å². The summed E-state index contributed by atoms with van der Waals surface area (Å²) in [4.78, 5) is 11.0. The van der Waals surface area contributed by atoms with Gasteiger partial charge in [-0.15, -0.1) is 0 Å². The average Bonchev–Trinajstić information content (AvgIpc) is 2.88. The maximum Gasteiger partial charge on any atom is 0.261 e. The fourth-order valence-corrected chi connectivity index (χ4v) is 12.9. The maximum absolute atomic E-state index is 11.0. The molecule has 190 valence electrons. The van der Waals surface area contributed by atoms with E-state index in [1.165, 1.54) is 10.4 Å². The molecule has 0 saturated carbocycles. The van der Waals surface area contributed by atoms with Gasteiger partial charge in [0.15, 0.2) is 14.6 Å². The summed E-state index contributed by atoms with van der Waals surface area (Å²) in [7, 11) is -4.67. The lowest BCUT2D eigenvalue weighted by molar-refractivity contribution is -0.103. The van der Waals surface area contributed by atoms with Crippen molar-refractivity contribution < 1.29 is 13.6 Å². The zero-order chi connectivity index (χ0) is 26.0. The normalized spacial score (nSPS) is 14.0. The van der Waals surface area contributed by atoms with E-state index in [0.29, 0.717) is 19.3 Å². The molecule has 0 aliphatic heterocycles. The lowest BCUT2D eigenvalue weighted by Crippen LogP contribution is -2.68. The molecule has 3 nitrogen and oxygen atoms in total. The fraction of sp³-hybridized carbons (Fsp3) is 0.500. The average molecular weight is 509 g/mol. The van der Waals surface area contributed by atoms with E-state index in [-0.39, 0.29) is 5.04 Å². The van der Waals surface area contributed by atoms with Crippen LogP contribution in [-0.4, -0.2) is 35.1 Å². The minimum atomic E-state index is -2.71. The highest BCUT2D eigenvalue weighted by Gasteiger charge is 2.52. The van der Waals surface area contributed by atoms with Crippen LogP contribution in [0.1, 0.15) is 61.3 Å². The Labute approximate surface area is 215 Å². The molecule has 0 radical (unpaired) electrons. The Balaban J connectivity index is 2.66. The van der Waals surface area contributed by atoms with Crippen molar-refractivity contribution in [2.75, 3.05) is 6.61 Å². The molecule has 0 spiro atoms. The Bertz CT molecular complexity index is 922. The van der Waals surface area contributed by atoms with Crippen molar-refractivity contribution >= 4 is 33.3 Å². The molecular weight excluding hydrogens is 464 g/mol. The third-order valence-corrected chi connectivity index (χ3v) is 17.3. The first-order valence-corrected chi connectivity index (χ1v) is 17.5. The van der Waals surface area contributed by atoms with Crippen LogP contribution in [0, 0.1) is 11.8 Å². The summed E-state index contributed by atoms with van der Waals surface area (Å²) in [6.07, 6.45) is 1.95. The van der Waals surface area contributed by atoms with Gasteiger partial charge >= 0.3 is 0 Å². The van der Waals surface area contributed by atoms with Crippen LogP contribution < -0.4 is 10.4 Å². The van der Waals surface area contributed by atoms with Crippen LogP contribution >= 0.6 is 0 Å².